The molecule has 1 amide bonds. The molecule has 106 valence electrons. The summed E-state index contributed by atoms with van der Waals surface area (Å²) in [5.41, 5.74) is 6.60. The van der Waals surface area contributed by atoms with Crippen molar-refractivity contribution in [2.45, 2.75) is 13.5 Å². The van der Waals surface area contributed by atoms with Crippen molar-refractivity contribution in [1.82, 2.24) is 4.72 Å². The lowest BCUT2D eigenvalue weighted by Gasteiger charge is -2.21. The molecule has 3 N–H and O–H groups in total. The number of anilines is 1. The molecule has 0 heterocycles. The summed E-state index contributed by atoms with van der Waals surface area (Å²) >= 11 is 0. The first-order chi connectivity index (χ1) is 8.92. The number of benzene rings is 1. The molecule has 0 fully saturated rings. The van der Waals surface area contributed by atoms with Gasteiger partial charge < -0.3 is 10.5 Å². The Hall–Kier alpha value is -1.80. The van der Waals surface area contributed by atoms with E-state index in [0.29, 0.717) is 11.3 Å². The summed E-state index contributed by atoms with van der Waals surface area (Å²) in [6.45, 7) is 1.86. The molecule has 7 nitrogen and oxygen atoms in total. The van der Waals surface area contributed by atoms with Gasteiger partial charge in [0.05, 0.1) is 12.3 Å². The minimum Gasteiger partial charge on any atom is -0.449 e. The van der Waals surface area contributed by atoms with Gasteiger partial charge in [0.25, 0.3) is 0 Å². The van der Waals surface area contributed by atoms with Gasteiger partial charge in [0, 0.05) is 13.6 Å². The molecule has 0 spiro atoms. The van der Waals surface area contributed by atoms with Crippen LogP contribution in [0, 0.1) is 0 Å². The maximum atomic E-state index is 12.0. The minimum absolute atomic E-state index is 0.0878. The van der Waals surface area contributed by atoms with Gasteiger partial charge >= 0.3 is 16.3 Å². The second-order valence-corrected chi connectivity index (χ2v) is 5.33. The van der Waals surface area contributed by atoms with Crippen molar-refractivity contribution in [3.63, 3.8) is 0 Å². The Morgan fingerprint density at radius 3 is 2.63 bits per heavy atom. The maximum Gasteiger partial charge on any atom is 0.422 e. The number of nitrogens with two attached hydrogens (primary N) is 1. The molecule has 19 heavy (non-hydrogen) atoms. The lowest BCUT2D eigenvalue weighted by atomic mass is 10.2. The normalized spacial score (nSPS) is 10.9. The number of nitrogens with one attached hydrogen (secondary N) is 1. The molecule has 1 rings (SSSR count). The first-order valence-electron chi connectivity index (χ1n) is 5.63. The molecule has 0 saturated heterocycles. The quantitative estimate of drug-likeness (QED) is 0.824. The molecule has 0 aliphatic rings. The number of carbonyl (C=O) groups is 1. The van der Waals surface area contributed by atoms with Crippen molar-refractivity contribution in [3.05, 3.63) is 29.8 Å². The zero-order valence-corrected chi connectivity index (χ0v) is 11.6. The van der Waals surface area contributed by atoms with Crippen LogP contribution in [0.2, 0.25) is 0 Å². The van der Waals surface area contributed by atoms with Crippen LogP contribution in [-0.2, 0) is 21.5 Å². The average Bonchev–Trinajstić information content (AvgIpc) is 2.37. The van der Waals surface area contributed by atoms with Gasteiger partial charge in [-0.15, -0.1) is 0 Å². The van der Waals surface area contributed by atoms with Crippen LogP contribution in [0.3, 0.4) is 0 Å². The second kappa shape index (κ2) is 6.39. The monoisotopic (exact) mass is 287 g/mol. The summed E-state index contributed by atoms with van der Waals surface area (Å²) in [7, 11) is -2.68. The van der Waals surface area contributed by atoms with Crippen molar-refractivity contribution in [1.29, 1.82) is 0 Å². The van der Waals surface area contributed by atoms with Crippen molar-refractivity contribution < 1.29 is 17.9 Å². The molecule has 0 bridgehead atoms. The Balaban J connectivity index is 2.98. The molecule has 0 aromatic heterocycles. The smallest absolute Gasteiger partial charge is 0.422 e. The predicted octanol–water partition coefficient (Wildman–Crippen LogP) is 0.572. The summed E-state index contributed by atoms with van der Waals surface area (Å²) in [6, 6.07) is 6.76. The van der Waals surface area contributed by atoms with Gasteiger partial charge in [-0.1, -0.05) is 18.2 Å². The third-order valence-corrected chi connectivity index (χ3v) is 3.74. The first kappa shape index (κ1) is 15.3. The molecule has 0 saturated carbocycles. The number of hydrogen-bond donors (Lipinski definition) is 2. The largest absolute Gasteiger partial charge is 0.449 e. The van der Waals surface area contributed by atoms with E-state index in [0.717, 1.165) is 4.31 Å². The van der Waals surface area contributed by atoms with Gasteiger partial charge in [-0.25, -0.2) is 9.52 Å². The van der Waals surface area contributed by atoms with Gasteiger partial charge in [0.2, 0.25) is 0 Å². The molecule has 1 aromatic carbocycles. The number of ether oxygens (including phenoxy) is 1. The number of carbonyl (C=O) groups excluding carboxylic acids is 1. The van der Waals surface area contributed by atoms with E-state index in [-0.39, 0.29) is 13.2 Å². The van der Waals surface area contributed by atoms with E-state index in [2.05, 4.69) is 4.74 Å². The highest BCUT2D eigenvalue weighted by molar-refractivity contribution is 7.91. The maximum absolute atomic E-state index is 12.0. The number of rotatable bonds is 5. The SMILES string of the molecule is CCOC(=O)NS(=O)(=O)N(C)c1ccccc1CN. The fourth-order valence-corrected chi connectivity index (χ4v) is 2.30. The van der Waals surface area contributed by atoms with Crippen LogP contribution >= 0.6 is 0 Å². The van der Waals surface area contributed by atoms with Crippen LogP contribution in [0.1, 0.15) is 12.5 Å². The van der Waals surface area contributed by atoms with Crippen molar-refractivity contribution in [3.8, 4) is 0 Å². The third kappa shape index (κ3) is 3.83. The van der Waals surface area contributed by atoms with E-state index in [1.807, 2.05) is 0 Å². The van der Waals surface area contributed by atoms with E-state index in [9.17, 15) is 13.2 Å². The molecule has 1 aromatic rings. The molecule has 0 aliphatic heterocycles. The molecule has 0 atom stereocenters. The summed E-state index contributed by atoms with van der Waals surface area (Å²) in [6.07, 6.45) is -1.01. The fraction of sp³-hybridized carbons (Fsp3) is 0.364. The van der Waals surface area contributed by atoms with E-state index >= 15 is 0 Å². The Labute approximate surface area is 112 Å². The zero-order valence-electron chi connectivity index (χ0n) is 10.8. The minimum atomic E-state index is -4.01. The Kier molecular flexibility index (Phi) is 5.13. The van der Waals surface area contributed by atoms with Crippen LogP contribution in [0.25, 0.3) is 0 Å². The van der Waals surface area contributed by atoms with E-state index < -0.39 is 16.3 Å². The number of para-hydroxylation sites is 1. The molecule has 0 radical (unpaired) electrons. The van der Waals surface area contributed by atoms with Crippen LogP contribution < -0.4 is 14.8 Å². The van der Waals surface area contributed by atoms with Gasteiger partial charge in [0.15, 0.2) is 0 Å². The highest BCUT2D eigenvalue weighted by atomic mass is 32.2. The second-order valence-electron chi connectivity index (χ2n) is 3.63. The van der Waals surface area contributed by atoms with Gasteiger partial charge in [-0.05, 0) is 18.6 Å². The number of nitrogens with zero attached hydrogens (tertiary/aromatic N) is 1. The zero-order chi connectivity index (χ0) is 14.5. The Bertz CT molecular complexity index is 545. The number of hydrogen-bond acceptors (Lipinski definition) is 5. The van der Waals surface area contributed by atoms with Crippen LogP contribution in [0.4, 0.5) is 10.5 Å². The van der Waals surface area contributed by atoms with E-state index in [4.69, 9.17) is 5.73 Å². The molecule has 8 heteroatoms. The summed E-state index contributed by atoms with van der Waals surface area (Å²) < 4.78 is 31.2. The van der Waals surface area contributed by atoms with E-state index in [1.54, 1.807) is 35.9 Å². The first-order valence-corrected chi connectivity index (χ1v) is 7.07. The van der Waals surface area contributed by atoms with Gasteiger partial charge in [-0.2, -0.15) is 8.42 Å². The molecule has 0 aliphatic carbocycles. The van der Waals surface area contributed by atoms with Crippen LogP contribution in [-0.4, -0.2) is 28.2 Å². The summed E-state index contributed by atoms with van der Waals surface area (Å²) in [5, 5.41) is 0. The molecular formula is C11H17N3O4S. The molecular weight excluding hydrogens is 270 g/mol. The summed E-state index contributed by atoms with van der Waals surface area (Å²) in [4.78, 5) is 11.2. The van der Waals surface area contributed by atoms with Gasteiger partial charge in [-0.3, -0.25) is 4.31 Å². The van der Waals surface area contributed by atoms with Gasteiger partial charge in [0.1, 0.15) is 0 Å². The topological polar surface area (TPSA) is 102 Å². The van der Waals surface area contributed by atoms with Crippen LogP contribution in [0.15, 0.2) is 24.3 Å². The van der Waals surface area contributed by atoms with Crippen LogP contribution in [0.5, 0.6) is 0 Å². The predicted molar refractivity (Wildman–Crippen MR) is 71.8 cm³/mol. The lowest BCUT2D eigenvalue weighted by Crippen LogP contribution is -2.42. The highest BCUT2D eigenvalue weighted by Gasteiger charge is 2.23. The van der Waals surface area contributed by atoms with Crippen molar-refractivity contribution in [2.75, 3.05) is 18.0 Å². The third-order valence-electron chi connectivity index (χ3n) is 2.40. The standard InChI is InChI=1S/C11H17N3O4S/c1-3-18-11(15)13-19(16,17)14(2)10-7-5-4-6-9(10)8-12/h4-7H,3,8,12H2,1-2H3,(H,13,15). The Morgan fingerprint density at radius 1 is 1.42 bits per heavy atom. The van der Waals surface area contributed by atoms with Crippen molar-refractivity contribution in [2.24, 2.45) is 5.73 Å². The Morgan fingerprint density at radius 2 is 2.05 bits per heavy atom. The lowest BCUT2D eigenvalue weighted by molar-refractivity contribution is 0.158. The van der Waals surface area contributed by atoms with Crippen molar-refractivity contribution >= 4 is 22.0 Å². The molecule has 0 unspecified atom stereocenters. The highest BCUT2D eigenvalue weighted by Crippen LogP contribution is 2.20. The summed E-state index contributed by atoms with van der Waals surface area (Å²) in [5.74, 6) is 0. The fourth-order valence-electron chi connectivity index (χ4n) is 1.45. The number of amides is 1. The average molecular weight is 287 g/mol. The van der Waals surface area contributed by atoms with E-state index in [1.165, 1.54) is 7.05 Å².